The van der Waals surface area contributed by atoms with Gasteiger partial charge in [0.2, 0.25) is 0 Å². The van der Waals surface area contributed by atoms with E-state index in [1.807, 2.05) is 0 Å². The van der Waals surface area contributed by atoms with E-state index in [2.05, 4.69) is 10.6 Å². The lowest BCUT2D eigenvalue weighted by Crippen LogP contribution is -2.32. The number of alkyl carbamates (subject to hydrolysis) is 1. The number of halogens is 2. The van der Waals surface area contributed by atoms with Gasteiger partial charge in [-0.15, -0.1) is 0 Å². The normalized spacial score (nSPS) is 11.0. The third kappa shape index (κ3) is 5.74. The summed E-state index contributed by atoms with van der Waals surface area (Å²) in [6, 6.07) is 10.9. The maximum atomic E-state index is 13.8. The van der Waals surface area contributed by atoms with Crippen LogP contribution in [0.2, 0.25) is 5.02 Å². The minimum atomic E-state index is -0.680. The Morgan fingerprint density at radius 2 is 1.77 bits per heavy atom. The van der Waals surface area contributed by atoms with Crippen molar-refractivity contribution in [3.05, 3.63) is 64.4 Å². The zero-order chi connectivity index (χ0) is 19.3. The summed E-state index contributed by atoms with van der Waals surface area (Å²) in [7, 11) is 0. The van der Waals surface area contributed by atoms with E-state index in [1.54, 1.807) is 51.1 Å². The van der Waals surface area contributed by atoms with Crippen molar-refractivity contribution in [3.63, 3.8) is 0 Å². The van der Waals surface area contributed by atoms with Gasteiger partial charge in [-0.3, -0.25) is 4.79 Å². The second-order valence-corrected chi connectivity index (χ2v) is 7.02. The zero-order valence-electron chi connectivity index (χ0n) is 14.7. The van der Waals surface area contributed by atoms with E-state index >= 15 is 0 Å². The Balaban J connectivity index is 1.95. The molecule has 0 aliphatic heterocycles. The number of carbonyl (C=O) groups excluding carboxylic acids is 2. The fourth-order valence-corrected chi connectivity index (χ4v) is 2.23. The molecule has 0 unspecified atom stereocenters. The van der Waals surface area contributed by atoms with Gasteiger partial charge < -0.3 is 15.4 Å². The van der Waals surface area contributed by atoms with E-state index < -0.39 is 23.4 Å². The smallest absolute Gasteiger partial charge is 0.407 e. The van der Waals surface area contributed by atoms with Gasteiger partial charge in [0.05, 0.1) is 10.7 Å². The molecule has 0 fully saturated rings. The number of hydrogen-bond donors (Lipinski definition) is 2. The first-order valence-corrected chi connectivity index (χ1v) is 8.34. The average molecular weight is 379 g/mol. The first-order valence-electron chi connectivity index (χ1n) is 7.97. The van der Waals surface area contributed by atoms with Gasteiger partial charge in [0.15, 0.2) is 5.82 Å². The summed E-state index contributed by atoms with van der Waals surface area (Å²) in [4.78, 5) is 23.8. The van der Waals surface area contributed by atoms with E-state index in [9.17, 15) is 14.0 Å². The molecular weight excluding hydrogens is 359 g/mol. The number of amides is 2. The van der Waals surface area contributed by atoms with Gasteiger partial charge in [0.25, 0.3) is 5.91 Å². The Morgan fingerprint density at radius 3 is 2.38 bits per heavy atom. The van der Waals surface area contributed by atoms with E-state index in [0.717, 1.165) is 5.56 Å². The Morgan fingerprint density at radius 1 is 1.12 bits per heavy atom. The molecule has 26 heavy (non-hydrogen) atoms. The van der Waals surface area contributed by atoms with Crippen LogP contribution in [0.1, 0.15) is 36.7 Å². The number of anilines is 1. The predicted octanol–water partition coefficient (Wildman–Crippen LogP) is 4.76. The summed E-state index contributed by atoms with van der Waals surface area (Å²) >= 11 is 5.69. The molecule has 2 aromatic carbocycles. The fourth-order valence-electron chi connectivity index (χ4n) is 2.06. The summed E-state index contributed by atoms with van der Waals surface area (Å²) in [5.74, 6) is -1.14. The quantitative estimate of drug-likeness (QED) is 0.806. The summed E-state index contributed by atoms with van der Waals surface area (Å²) in [6.45, 7) is 5.61. The molecule has 0 saturated carbocycles. The highest BCUT2D eigenvalue weighted by molar-refractivity contribution is 6.31. The number of rotatable bonds is 4. The molecule has 2 rings (SSSR count). The van der Waals surface area contributed by atoms with Crippen LogP contribution in [0.3, 0.4) is 0 Å². The number of carbonyl (C=O) groups is 2. The molecule has 0 aliphatic rings. The molecule has 0 saturated heterocycles. The lowest BCUT2D eigenvalue weighted by molar-refractivity contribution is 0.0523. The van der Waals surface area contributed by atoms with Gasteiger partial charge in [0, 0.05) is 12.1 Å². The largest absolute Gasteiger partial charge is 0.444 e. The van der Waals surface area contributed by atoms with Crippen molar-refractivity contribution < 1.29 is 18.7 Å². The van der Waals surface area contributed by atoms with Crippen molar-refractivity contribution >= 4 is 29.3 Å². The van der Waals surface area contributed by atoms with Crippen LogP contribution in [0.15, 0.2) is 42.5 Å². The minimum absolute atomic E-state index is 0.0122. The van der Waals surface area contributed by atoms with E-state index in [4.69, 9.17) is 16.3 Å². The Bertz CT molecular complexity index is 801. The van der Waals surface area contributed by atoms with Gasteiger partial charge >= 0.3 is 6.09 Å². The molecule has 0 aliphatic carbocycles. The average Bonchev–Trinajstić information content (AvgIpc) is 2.56. The summed E-state index contributed by atoms with van der Waals surface area (Å²) in [6.07, 6.45) is -0.518. The van der Waals surface area contributed by atoms with Crippen molar-refractivity contribution in [2.45, 2.75) is 32.9 Å². The highest BCUT2D eigenvalue weighted by atomic mass is 35.5. The maximum absolute atomic E-state index is 13.8. The van der Waals surface area contributed by atoms with Crippen LogP contribution in [-0.4, -0.2) is 17.6 Å². The summed E-state index contributed by atoms with van der Waals surface area (Å²) in [5, 5.41) is 5.04. The lowest BCUT2D eigenvalue weighted by Gasteiger charge is -2.19. The van der Waals surface area contributed by atoms with Gasteiger partial charge in [-0.25, -0.2) is 9.18 Å². The highest BCUT2D eigenvalue weighted by Crippen LogP contribution is 2.22. The maximum Gasteiger partial charge on any atom is 0.407 e. The highest BCUT2D eigenvalue weighted by Gasteiger charge is 2.16. The number of benzene rings is 2. The monoisotopic (exact) mass is 378 g/mol. The van der Waals surface area contributed by atoms with E-state index in [0.29, 0.717) is 5.56 Å². The molecule has 0 bridgehead atoms. The molecular formula is C19H20ClFN2O3. The fraction of sp³-hybridized carbons (Fsp3) is 0.263. The molecule has 0 atom stereocenters. The second-order valence-electron chi connectivity index (χ2n) is 6.61. The van der Waals surface area contributed by atoms with Crippen LogP contribution < -0.4 is 10.6 Å². The molecule has 5 nitrogen and oxygen atoms in total. The van der Waals surface area contributed by atoms with Crippen molar-refractivity contribution in [2.75, 3.05) is 5.32 Å². The van der Waals surface area contributed by atoms with Crippen LogP contribution in [0.4, 0.5) is 14.9 Å². The van der Waals surface area contributed by atoms with Crippen LogP contribution in [0, 0.1) is 5.82 Å². The van der Waals surface area contributed by atoms with Crippen LogP contribution in [0.25, 0.3) is 0 Å². The van der Waals surface area contributed by atoms with Crippen molar-refractivity contribution in [1.82, 2.24) is 5.32 Å². The number of hydrogen-bond acceptors (Lipinski definition) is 3. The first-order chi connectivity index (χ1) is 12.2. The van der Waals surface area contributed by atoms with Crippen LogP contribution >= 0.6 is 11.6 Å². The third-order valence-electron chi connectivity index (χ3n) is 3.25. The lowest BCUT2D eigenvalue weighted by atomic mass is 10.1. The Kier molecular flexibility index (Phi) is 6.21. The molecule has 2 aromatic rings. The van der Waals surface area contributed by atoms with Crippen molar-refractivity contribution in [1.29, 1.82) is 0 Å². The molecule has 2 amide bonds. The molecule has 0 spiro atoms. The van der Waals surface area contributed by atoms with Gasteiger partial charge in [-0.2, -0.15) is 0 Å². The van der Waals surface area contributed by atoms with E-state index in [-0.39, 0.29) is 17.3 Å². The number of ether oxygens (including phenoxy) is 1. The molecule has 0 radical (unpaired) electrons. The van der Waals surface area contributed by atoms with Gasteiger partial charge in [-0.1, -0.05) is 29.8 Å². The topological polar surface area (TPSA) is 67.4 Å². The summed E-state index contributed by atoms with van der Waals surface area (Å²) in [5.41, 5.74) is 0.590. The molecule has 7 heteroatoms. The summed E-state index contributed by atoms with van der Waals surface area (Å²) < 4.78 is 19.0. The minimum Gasteiger partial charge on any atom is -0.444 e. The molecule has 0 aromatic heterocycles. The second kappa shape index (κ2) is 8.19. The standard InChI is InChI=1S/C19H20ClFN2O3/c1-19(2,3)26-18(25)22-11-12-7-9-13(10-8-12)17(24)23-15-6-4-5-14(20)16(15)21/h4-10H,11H2,1-3H3,(H,22,25)(H,23,24). The first kappa shape index (κ1) is 19.7. The zero-order valence-corrected chi connectivity index (χ0v) is 15.5. The molecule has 0 heterocycles. The van der Waals surface area contributed by atoms with Crippen LogP contribution in [0.5, 0.6) is 0 Å². The Labute approximate surface area is 156 Å². The van der Waals surface area contributed by atoms with Crippen LogP contribution in [-0.2, 0) is 11.3 Å². The Hall–Kier alpha value is -2.60. The SMILES string of the molecule is CC(C)(C)OC(=O)NCc1ccc(C(=O)Nc2cccc(Cl)c2F)cc1. The predicted molar refractivity (Wildman–Crippen MR) is 98.9 cm³/mol. The van der Waals surface area contributed by atoms with Gasteiger partial charge in [0.1, 0.15) is 5.60 Å². The van der Waals surface area contributed by atoms with Gasteiger partial charge in [-0.05, 0) is 50.6 Å². The molecule has 138 valence electrons. The van der Waals surface area contributed by atoms with Crippen molar-refractivity contribution in [3.8, 4) is 0 Å². The van der Waals surface area contributed by atoms with E-state index in [1.165, 1.54) is 12.1 Å². The molecule has 2 N–H and O–H groups in total. The van der Waals surface area contributed by atoms with Crippen molar-refractivity contribution in [2.24, 2.45) is 0 Å². The third-order valence-corrected chi connectivity index (χ3v) is 3.54. The number of nitrogens with one attached hydrogen (secondary N) is 2.